The van der Waals surface area contributed by atoms with Crippen molar-refractivity contribution in [2.75, 3.05) is 6.61 Å². The highest BCUT2D eigenvalue weighted by molar-refractivity contribution is 9.11. The van der Waals surface area contributed by atoms with Crippen molar-refractivity contribution in [2.45, 2.75) is 13.8 Å². The first-order chi connectivity index (χ1) is 10.0. The molecule has 0 aliphatic heterocycles. The van der Waals surface area contributed by atoms with Gasteiger partial charge in [-0.15, -0.1) is 11.3 Å². The number of hydrazone groups is 1. The number of rotatable bonds is 5. The summed E-state index contributed by atoms with van der Waals surface area (Å²) < 4.78 is 6.43. The van der Waals surface area contributed by atoms with E-state index in [0.29, 0.717) is 5.75 Å². The lowest BCUT2D eigenvalue weighted by Crippen LogP contribution is -2.25. The van der Waals surface area contributed by atoms with Crippen LogP contribution in [0.2, 0.25) is 0 Å². The first kappa shape index (κ1) is 15.7. The molecule has 2 aromatic rings. The summed E-state index contributed by atoms with van der Waals surface area (Å²) in [5.41, 5.74) is 4.34. The maximum Gasteiger partial charge on any atom is 0.277 e. The minimum Gasteiger partial charge on any atom is -0.484 e. The van der Waals surface area contributed by atoms with E-state index < -0.39 is 0 Å². The summed E-state index contributed by atoms with van der Waals surface area (Å²) in [4.78, 5) is 12.7. The second kappa shape index (κ2) is 7.38. The fourth-order valence-electron chi connectivity index (χ4n) is 1.60. The lowest BCUT2D eigenvalue weighted by molar-refractivity contribution is -0.123. The third-order valence-electron chi connectivity index (χ3n) is 2.64. The number of carbonyl (C=O) groups excluding carboxylic acids is 1. The van der Waals surface area contributed by atoms with Crippen LogP contribution >= 0.6 is 27.3 Å². The molecule has 4 nitrogen and oxygen atoms in total. The molecule has 0 aliphatic rings. The van der Waals surface area contributed by atoms with E-state index in [0.717, 1.165) is 19.9 Å². The van der Waals surface area contributed by atoms with E-state index in [1.165, 1.54) is 0 Å². The molecule has 0 aliphatic carbocycles. The van der Waals surface area contributed by atoms with Crippen molar-refractivity contribution < 1.29 is 9.53 Å². The minimum absolute atomic E-state index is 0.0611. The van der Waals surface area contributed by atoms with Crippen molar-refractivity contribution in [3.05, 3.63) is 50.6 Å². The summed E-state index contributed by atoms with van der Waals surface area (Å²) in [6.07, 6.45) is 0. The maximum absolute atomic E-state index is 11.7. The molecule has 0 fully saturated rings. The van der Waals surface area contributed by atoms with Gasteiger partial charge in [-0.3, -0.25) is 4.79 Å². The Bertz CT molecular complexity index is 667. The molecule has 0 saturated heterocycles. The highest BCUT2D eigenvalue weighted by Crippen LogP contribution is 2.22. The lowest BCUT2D eigenvalue weighted by Gasteiger charge is -2.06. The van der Waals surface area contributed by atoms with Gasteiger partial charge in [-0.2, -0.15) is 5.10 Å². The molecule has 21 heavy (non-hydrogen) atoms. The van der Waals surface area contributed by atoms with E-state index in [1.807, 2.05) is 50.2 Å². The smallest absolute Gasteiger partial charge is 0.277 e. The highest BCUT2D eigenvalue weighted by atomic mass is 79.9. The quantitative estimate of drug-likeness (QED) is 0.647. The van der Waals surface area contributed by atoms with Crippen LogP contribution in [0.15, 0.2) is 45.3 Å². The Hall–Kier alpha value is -1.66. The molecular formula is C15H15BrN2O2S. The van der Waals surface area contributed by atoms with Gasteiger partial charge in [-0.1, -0.05) is 12.1 Å². The number of halogens is 1. The summed E-state index contributed by atoms with van der Waals surface area (Å²) >= 11 is 4.96. The molecular weight excluding hydrogens is 352 g/mol. The zero-order valence-electron chi connectivity index (χ0n) is 11.7. The third-order valence-corrected chi connectivity index (χ3v) is 4.37. The van der Waals surface area contributed by atoms with Crippen LogP contribution in [0.1, 0.15) is 17.4 Å². The van der Waals surface area contributed by atoms with Gasteiger partial charge in [-0.25, -0.2) is 5.43 Å². The summed E-state index contributed by atoms with van der Waals surface area (Å²) in [6.45, 7) is 3.76. The van der Waals surface area contributed by atoms with E-state index in [4.69, 9.17) is 4.74 Å². The van der Waals surface area contributed by atoms with E-state index in [1.54, 1.807) is 11.3 Å². The average molecular weight is 367 g/mol. The van der Waals surface area contributed by atoms with Crippen molar-refractivity contribution >= 4 is 38.9 Å². The van der Waals surface area contributed by atoms with Gasteiger partial charge in [0.15, 0.2) is 6.61 Å². The molecule has 110 valence electrons. The maximum atomic E-state index is 11.7. The minimum atomic E-state index is -0.286. The fraction of sp³-hybridized carbons (Fsp3) is 0.200. The molecule has 1 heterocycles. The first-order valence-corrected chi connectivity index (χ1v) is 7.94. The van der Waals surface area contributed by atoms with E-state index in [9.17, 15) is 4.79 Å². The number of benzene rings is 1. The van der Waals surface area contributed by atoms with Crippen LogP contribution in [0.4, 0.5) is 0 Å². The Labute approximate surface area is 136 Å². The van der Waals surface area contributed by atoms with Crippen LogP contribution < -0.4 is 10.2 Å². The SMILES string of the molecule is C/C(=N/NC(=O)COc1cccc(C)c1)c1ccc(Br)s1. The van der Waals surface area contributed by atoms with Crippen molar-refractivity contribution in [3.8, 4) is 5.75 Å². The number of thiophene rings is 1. The molecule has 6 heteroatoms. The fourth-order valence-corrected chi connectivity index (χ4v) is 2.93. The molecule has 0 bridgehead atoms. The van der Waals surface area contributed by atoms with E-state index >= 15 is 0 Å². The number of nitrogens with one attached hydrogen (secondary N) is 1. The second-order valence-electron chi connectivity index (χ2n) is 4.44. The number of amides is 1. The largest absolute Gasteiger partial charge is 0.484 e. The molecule has 1 aromatic carbocycles. The second-order valence-corrected chi connectivity index (χ2v) is 6.90. The van der Waals surface area contributed by atoms with Gasteiger partial charge >= 0.3 is 0 Å². The predicted octanol–water partition coefficient (Wildman–Crippen LogP) is 3.74. The van der Waals surface area contributed by atoms with E-state index in [-0.39, 0.29) is 12.5 Å². The Morgan fingerprint density at radius 2 is 2.19 bits per heavy atom. The topological polar surface area (TPSA) is 50.7 Å². The van der Waals surface area contributed by atoms with Gasteiger partial charge in [0, 0.05) is 0 Å². The van der Waals surface area contributed by atoms with E-state index in [2.05, 4.69) is 26.5 Å². The Morgan fingerprint density at radius 3 is 2.86 bits per heavy atom. The zero-order chi connectivity index (χ0) is 15.2. The van der Waals surface area contributed by atoms with Crippen molar-refractivity contribution in [1.82, 2.24) is 5.43 Å². The van der Waals surface area contributed by atoms with Crippen molar-refractivity contribution in [2.24, 2.45) is 5.10 Å². The van der Waals surface area contributed by atoms with Crippen LogP contribution in [0, 0.1) is 6.92 Å². The van der Waals surface area contributed by atoms with Gasteiger partial charge in [0.05, 0.1) is 14.4 Å². The molecule has 0 atom stereocenters. The first-order valence-electron chi connectivity index (χ1n) is 6.33. The van der Waals surface area contributed by atoms with Gasteiger partial charge in [0.25, 0.3) is 5.91 Å². The molecule has 0 radical (unpaired) electrons. The molecule has 1 aromatic heterocycles. The standard InChI is InChI=1S/C15H15BrN2O2S/c1-10-4-3-5-12(8-10)20-9-15(19)18-17-11(2)13-6-7-14(16)21-13/h3-8H,9H2,1-2H3,(H,18,19)/b17-11-. The number of aryl methyl sites for hydroxylation is 1. The number of hydrogen-bond donors (Lipinski definition) is 1. The van der Waals surface area contributed by atoms with Crippen LogP contribution in [-0.4, -0.2) is 18.2 Å². The van der Waals surface area contributed by atoms with Gasteiger partial charge in [0.1, 0.15) is 5.75 Å². The predicted molar refractivity (Wildman–Crippen MR) is 89.0 cm³/mol. The number of nitrogens with zero attached hydrogens (tertiary/aromatic N) is 1. The van der Waals surface area contributed by atoms with Crippen molar-refractivity contribution in [1.29, 1.82) is 0 Å². The number of ether oxygens (including phenoxy) is 1. The summed E-state index contributed by atoms with van der Waals surface area (Å²) in [5, 5.41) is 4.06. The number of carbonyl (C=O) groups is 1. The molecule has 0 unspecified atom stereocenters. The average Bonchev–Trinajstić information content (AvgIpc) is 2.89. The van der Waals surface area contributed by atoms with Crippen molar-refractivity contribution in [3.63, 3.8) is 0 Å². The molecule has 1 N–H and O–H groups in total. The van der Waals surface area contributed by atoms with Gasteiger partial charge < -0.3 is 4.74 Å². The zero-order valence-corrected chi connectivity index (χ0v) is 14.1. The molecule has 1 amide bonds. The summed E-state index contributed by atoms with van der Waals surface area (Å²) in [7, 11) is 0. The lowest BCUT2D eigenvalue weighted by atomic mass is 10.2. The normalized spacial score (nSPS) is 11.3. The Morgan fingerprint density at radius 1 is 1.38 bits per heavy atom. The molecule has 0 spiro atoms. The summed E-state index contributed by atoms with van der Waals surface area (Å²) in [6, 6.07) is 11.5. The Kier molecular flexibility index (Phi) is 5.52. The van der Waals surface area contributed by atoms with Gasteiger partial charge in [0.2, 0.25) is 0 Å². The van der Waals surface area contributed by atoms with Crippen LogP contribution in [0.25, 0.3) is 0 Å². The Balaban J connectivity index is 1.84. The van der Waals surface area contributed by atoms with Crippen LogP contribution in [0.5, 0.6) is 5.75 Å². The monoisotopic (exact) mass is 366 g/mol. The summed E-state index contributed by atoms with van der Waals surface area (Å²) in [5.74, 6) is 0.388. The molecule has 0 saturated carbocycles. The highest BCUT2D eigenvalue weighted by Gasteiger charge is 2.04. The van der Waals surface area contributed by atoms with Gasteiger partial charge in [-0.05, 0) is 59.6 Å². The van der Waals surface area contributed by atoms with Crippen LogP contribution in [-0.2, 0) is 4.79 Å². The molecule has 2 rings (SSSR count). The van der Waals surface area contributed by atoms with Crippen LogP contribution in [0.3, 0.4) is 0 Å². The number of hydrogen-bond acceptors (Lipinski definition) is 4. The third kappa shape index (κ3) is 4.99.